The fourth-order valence-electron chi connectivity index (χ4n) is 2.95. The molecule has 6 heteroatoms. The fourth-order valence-corrected chi connectivity index (χ4v) is 4.88. The molecule has 0 radical (unpaired) electrons. The Morgan fingerprint density at radius 1 is 0.920 bits per heavy atom. The molecule has 3 rings (SSSR count). The van der Waals surface area contributed by atoms with Crippen LogP contribution in [0.5, 0.6) is 0 Å². The quantitative estimate of drug-likeness (QED) is 0.752. The molecular weight excluding hydrogens is 352 g/mol. The molecule has 1 fully saturated rings. The Balaban J connectivity index is 1.55. The zero-order valence-corrected chi connectivity index (χ0v) is 16.1. The summed E-state index contributed by atoms with van der Waals surface area (Å²) in [5, 5.41) is 3.40. The van der Waals surface area contributed by atoms with E-state index in [4.69, 9.17) is 0 Å². The predicted octanol–water partition coefficient (Wildman–Crippen LogP) is 3.48. The van der Waals surface area contributed by atoms with Gasteiger partial charge >= 0.3 is 0 Å². The molecule has 1 saturated heterocycles. The lowest BCUT2D eigenvalue weighted by Gasteiger charge is -2.15. The summed E-state index contributed by atoms with van der Waals surface area (Å²) in [6.07, 6.45) is 3.99. The average molecular weight is 377 g/mol. The van der Waals surface area contributed by atoms with Crippen molar-refractivity contribution in [1.29, 1.82) is 0 Å². The van der Waals surface area contributed by atoms with E-state index in [9.17, 15) is 8.42 Å². The monoisotopic (exact) mass is 376 g/mol. The number of sulfonamides is 1. The van der Waals surface area contributed by atoms with Crippen molar-refractivity contribution < 1.29 is 8.42 Å². The lowest BCUT2D eigenvalue weighted by Crippen LogP contribution is -2.27. The second-order valence-electron chi connectivity index (χ2n) is 6.21. The summed E-state index contributed by atoms with van der Waals surface area (Å²) in [6, 6.07) is 15.7. The van der Waals surface area contributed by atoms with Crippen molar-refractivity contribution in [3.05, 3.63) is 59.7 Å². The van der Waals surface area contributed by atoms with Gasteiger partial charge in [0.1, 0.15) is 0 Å². The highest BCUT2D eigenvalue weighted by Crippen LogP contribution is 2.21. The molecule has 0 unspecified atom stereocenters. The molecule has 2 aromatic carbocycles. The molecule has 0 saturated carbocycles. The van der Waals surface area contributed by atoms with Crippen LogP contribution in [0.4, 0.5) is 0 Å². The van der Waals surface area contributed by atoms with E-state index in [0.717, 1.165) is 24.9 Å². The predicted molar refractivity (Wildman–Crippen MR) is 103 cm³/mol. The first-order valence-corrected chi connectivity index (χ1v) is 11.2. The van der Waals surface area contributed by atoms with Gasteiger partial charge < -0.3 is 5.32 Å². The molecule has 0 aromatic heterocycles. The van der Waals surface area contributed by atoms with Crippen molar-refractivity contribution in [2.45, 2.75) is 35.7 Å². The molecule has 1 N–H and O–H groups in total. The van der Waals surface area contributed by atoms with E-state index < -0.39 is 10.0 Å². The molecule has 0 spiro atoms. The van der Waals surface area contributed by atoms with Gasteiger partial charge in [-0.2, -0.15) is 4.31 Å². The van der Waals surface area contributed by atoms with Gasteiger partial charge in [-0.25, -0.2) is 8.42 Å². The molecule has 1 aliphatic rings. The van der Waals surface area contributed by atoms with Crippen LogP contribution in [-0.2, 0) is 23.1 Å². The summed E-state index contributed by atoms with van der Waals surface area (Å²) in [5.41, 5.74) is 2.33. The normalized spacial score (nSPS) is 15.6. The third-order valence-corrected chi connectivity index (χ3v) is 7.10. The van der Waals surface area contributed by atoms with Crippen molar-refractivity contribution in [3.63, 3.8) is 0 Å². The summed E-state index contributed by atoms with van der Waals surface area (Å²) in [6.45, 7) is 2.79. The largest absolute Gasteiger partial charge is 0.309 e. The minimum Gasteiger partial charge on any atom is -0.309 e. The maximum Gasteiger partial charge on any atom is 0.243 e. The van der Waals surface area contributed by atoms with Crippen molar-refractivity contribution in [3.8, 4) is 0 Å². The van der Waals surface area contributed by atoms with E-state index in [0.29, 0.717) is 24.5 Å². The minimum absolute atomic E-state index is 0.394. The first-order valence-electron chi connectivity index (χ1n) is 8.52. The third-order valence-electron chi connectivity index (χ3n) is 4.44. The first kappa shape index (κ1) is 18.5. The Morgan fingerprint density at radius 2 is 1.44 bits per heavy atom. The van der Waals surface area contributed by atoms with E-state index in [1.54, 1.807) is 28.2 Å². The van der Waals surface area contributed by atoms with Crippen LogP contribution >= 0.6 is 11.8 Å². The van der Waals surface area contributed by atoms with Gasteiger partial charge in [-0.1, -0.05) is 24.3 Å². The molecule has 0 amide bonds. The minimum atomic E-state index is -3.31. The van der Waals surface area contributed by atoms with E-state index in [1.165, 1.54) is 10.5 Å². The van der Waals surface area contributed by atoms with Crippen LogP contribution in [0.25, 0.3) is 0 Å². The van der Waals surface area contributed by atoms with Gasteiger partial charge in [-0.15, -0.1) is 11.8 Å². The Hall–Kier alpha value is -1.34. The van der Waals surface area contributed by atoms with Crippen LogP contribution in [0.1, 0.15) is 24.0 Å². The highest BCUT2D eigenvalue weighted by molar-refractivity contribution is 7.98. The number of nitrogens with one attached hydrogen (secondary N) is 1. The second-order valence-corrected chi connectivity index (χ2v) is 9.02. The number of hydrogen-bond acceptors (Lipinski definition) is 4. The van der Waals surface area contributed by atoms with Crippen LogP contribution in [0.15, 0.2) is 58.3 Å². The van der Waals surface area contributed by atoms with Gasteiger partial charge in [-0.05, 0) is 54.5 Å². The molecule has 25 heavy (non-hydrogen) atoms. The molecule has 2 aromatic rings. The Morgan fingerprint density at radius 3 is 1.96 bits per heavy atom. The molecule has 4 nitrogen and oxygen atoms in total. The standard InChI is InChI=1S/C19H24N2O2S2/c1-24-18-8-4-16(5-9-18)14-20-15-17-6-10-19(11-7-17)25(22,23)21-12-2-3-13-21/h4-11,20H,2-3,12-15H2,1H3. The lowest BCUT2D eigenvalue weighted by molar-refractivity contribution is 0.477. The van der Waals surface area contributed by atoms with Crippen molar-refractivity contribution in [2.75, 3.05) is 19.3 Å². The number of benzene rings is 2. The second kappa shape index (κ2) is 8.36. The molecular formula is C19H24N2O2S2. The summed E-state index contributed by atoms with van der Waals surface area (Å²) in [7, 11) is -3.31. The number of nitrogens with zero attached hydrogens (tertiary/aromatic N) is 1. The fraction of sp³-hybridized carbons (Fsp3) is 0.368. The van der Waals surface area contributed by atoms with Crippen molar-refractivity contribution in [1.82, 2.24) is 9.62 Å². The van der Waals surface area contributed by atoms with Crippen LogP contribution in [0.2, 0.25) is 0 Å². The molecule has 1 aliphatic heterocycles. The molecule has 134 valence electrons. The molecule has 1 heterocycles. The third kappa shape index (κ3) is 4.64. The Bertz CT molecular complexity index is 781. The highest BCUT2D eigenvalue weighted by atomic mass is 32.2. The summed E-state index contributed by atoms with van der Waals surface area (Å²) < 4.78 is 26.6. The van der Waals surface area contributed by atoms with E-state index in [1.807, 2.05) is 12.1 Å². The van der Waals surface area contributed by atoms with E-state index in [2.05, 4.69) is 35.8 Å². The molecule has 0 bridgehead atoms. The van der Waals surface area contributed by atoms with Gasteiger partial charge in [0.05, 0.1) is 4.90 Å². The smallest absolute Gasteiger partial charge is 0.243 e. The van der Waals surface area contributed by atoms with Crippen LogP contribution < -0.4 is 5.32 Å². The Kier molecular flexibility index (Phi) is 6.17. The topological polar surface area (TPSA) is 49.4 Å². The maximum absolute atomic E-state index is 12.5. The van der Waals surface area contributed by atoms with Crippen LogP contribution in [0.3, 0.4) is 0 Å². The zero-order valence-electron chi connectivity index (χ0n) is 14.4. The van der Waals surface area contributed by atoms with Crippen molar-refractivity contribution in [2.24, 2.45) is 0 Å². The number of hydrogen-bond donors (Lipinski definition) is 1. The number of rotatable bonds is 7. The summed E-state index contributed by atoms with van der Waals surface area (Å²) in [4.78, 5) is 1.66. The first-order chi connectivity index (χ1) is 12.1. The zero-order chi connectivity index (χ0) is 17.7. The van der Waals surface area contributed by atoms with Crippen molar-refractivity contribution >= 4 is 21.8 Å². The summed E-state index contributed by atoms with van der Waals surface area (Å²) in [5.74, 6) is 0. The number of thioether (sulfide) groups is 1. The van der Waals surface area contributed by atoms with Crippen LogP contribution in [0, 0.1) is 0 Å². The highest BCUT2D eigenvalue weighted by Gasteiger charge is 2.26. The van der Waals surface area contributed by atoms with Gasteiger partial charge in [0, 0.05) is 31.1 Å². The average Bonchev–Trinajstić information content (AvgIpc) is 3.18. The van der Waals surface area contributed by atoms with E-state index >= 15 is 0 Å². The molecule has 0 atom stereocenters. The van der Waals surface area contributed by atoms with Gasteiger partial charge in [0.15, 0.2) is 0 Å². The van der Waals surface area contributed by atoms with Gasteiger partial charge in [0.25, 0.3) is 0 Å². The van der Waals surface area contributed by atoms with Crippen LogP contribution in [-0.4, -0.2) is 32.1 Å². The van der Waals surface area contributed by atoms with Gasteiger partial charge in [0.2, 0.25) is 10.0 Å². The summed E-state index contributed by atoms with van der Waals surface area (Å²) >= 11 is 1.74. The lowest BCUT2D eigenvalue weighted by atomic mass is 10.2. The molecule has 0 aliphatic carbocycles. The SMILES string of the molecule is CSc1ccc(CNCc2ccc(S(=O)(=O)N3CCCC3)cc2)cc1. The van der Waals surface area contributed by atoms with Gasteiger partial charge in [-0.3, -0.25) is 0 Å². The Labute approximate surface area is 154 Å². The van der Waals surface area contributed by atoms with E-state index in [-0.39, 0.29) is 0 Å². The maximum atomic E-state index is 12.5.